The van der Waals surface area contributed by atoms with Gasteiger partial charge in [-0.05, 0) is 56.4 Å². The standard InChI is InChI=1S/C24H35N7O4S/c1-3-20-23(26-17-6-10-19(32)11-7-17)29-24(21(28-20)22(25)33)27-16-4-8-18(9-5-16)30-12-14-31(15-13-30)36(2,34)35/h4-5,8-9,17,19,32H,3,6-7,10-15H2,1-2H3,(H2,25,33)(H2,26,27,29)/t17-,19-. The van der Waals surface area contributed by atoms with Gasteiger partial charge in [0, 0.05) is 43.6 Å². The van der Waals surface area contributed by atoms with Crippen LogP contribution in [0.2, 0.25) is 0 Å². The number of carbonyl (C=O) groups excluding carboxylic acids is 1. The number of benzene rings is 1. The van der Waals surface area contributed by atoms with E-state index < -0.39 is 15.9 Å². The number of carbonyl (C=O) groups is 1. The summed E-state index contributed by atoms with van der Waals surface area (Å²) in [7, 11) is -3.17. The largest absolute Gasteiger partial charge is 0.393 e. The molecule has 5 N–H and O–H groups in total. The fourth-order valence-electron chi connectivity index (χ4n) is 4.67. The average molecular weight is 518 g/mol. The number of sulfonamides is 1. The lowest BCUT2D eigenvalue weighted by Crippen LogP contribution is -2.48. The Hall–Kier alpha value is -2.96. The highest BCUT2D eigenvalue weighted by Gasteiger charge is 2.24. The molecular formula is C24H35N7O4S. The Morgan fingerprint density at radius 1 is 1.06 bits per heavy atom. The van der Waals surface area contributed by atoms with Crippen molar-refractivity contribution in [1.82, 2.24) is 14.3 Å². The van der Waals surface area contributed by atoms with Crippen LogP contribution in [0, 0.1) is 0 Å². The van der Waals surface area contributed by atoms with Crippen LogP contribution in [0.4, 0.5) is 23.0 Å². The second-order valence-corrected chi connectivity index (χ2v) is 11.4. The molecule has 1 aliphatic carbocycles. The van der Waals surface area contributed by atoms with Crippen LogP contribution in [0.25, 0.3) is 0 Å². The molecule has 1 aliphatic heterocycles. The van der Waals surface area contributed by atoms with Crippen molar-refractivity contribution < 1.29 is 18.3 Å². The molecule has 0 bridgehead atoms. The first kappa shape index (κ1) is 26.1. The minimum Gasteiger partial charge on any atom is -0.393 e. The highest BCUT2D eigenvalue weighted by molar-refractivity contribution is 7.88. The molecule has 2 aromatic rings. The monoisotopic (exact) mass is 517 g/mol. The van der Waals surface area contributed by atoms with E-state index in [-0.39, 0.29) is 23.7 Å². The van der Waals surface area contributed by atoms with Gasteiger partial charge in [0.05, 0.1) is 18.1 Å². The van der Waals surface area contributed by atoms with Crippen molar-refractivity contribution >= 4 is 38.9 Å². The molecule has 2 heterocycles. The number of nitrogens with zero attached hydrogens (tertiary/aromatic N) is 4. The molecule has 36 heavy (non-hydrogen) atoms. The summed E-state index contributed by atoms with van der Waals surface area (Å²) < 4.78 is 25.0. The van der Waals surface area contributed by atoms with Crippen molar-refractivity contribution in [3.05, 3.63) is 35.7 Å². The fraction of sp³-hybridized carbons (Fsp3) is 0.542. The summed E-state index contributed by atoms with van der Waals surface area (Å²) in [5, 5.41) is 16.4. The molecular weight excluding hydrogens is 482 g/mol. The van der Waals surface area contributed by atoms with E-state index >= 15 is 0 Å². The number of nitrogens with two attached hydrogens (primary N) is 1. The van der Waals surface area contributed by atoms with Gasteiger partial charge in [-0.1, -0.05) is 6.92 Å². The molecule has 196 valence electrons. The molecule has 1 amide bonds. The normalized spacial score (nSPS) is 21.2. The number of primary amides is 1. The van der Waals surface area contributed by atoms with E-state index in [4.69, 9.17) is 10.7 Å². The van der Waals surface area contributed by atoms with Crippen molar-refractivity contribution in [2.75, 3.05) is 48.0 Å². The predicted octanol–water partition coefficient (Wildman–Crippen LogP) is 1.68. The number of aliphatic hydroxyl groups excluding tert-OH is 1. The second-order valence-electron chi connectivity index (χ2n) is 9.40. The topological polar surface area (TPSA) is 154 Å². The lowest BCUT2D eigenvalue weighted by Gasteiger charge is -2.34. The van der Waals surface area contributed by atoms with Crippen molar-refractivity contribution in [2.24, 2.45) is 5.73 Å². The van der Waals surface area contributed by atoms with E-state index in [1.807, 2.05) is 31.2 Å². The zero-order chi connectivity index (χ0) is 25.9. The van der Waals surface area contributed by atoms with Gasteiger partial charge in [0.25, 0.3) is 5.91 Å². The maximum atomic E-state index is 12.2. The first-order chi connectivity index (χ1) is 17.1. The van der Waals surface area contributed by atoms with Gasteiger partial charge in [-0.3, -0.25) is 4.79 Å². The van der Waals surface area contributed by atoms with Gasteiger partial charge in [0.15, 0.2) is 11.5 Å². The van der Waals surface area contributed by atoms with Crippen LogP contribution < -0.4 is 21.3 Å². The van der Waals surface area contributed by atoms with Crippen LogP contribution in [0.5, 0.6) is 0 Å². The van der Waals surface area contributed by atoms with E-state index in [9.17, 15) is 18.3 Å². The summed E-state index contributed by atoms with van der Waals surface area (Å²) in [6, 6.07) is 7.84. The van der Waals surface area contributed by atoms with Crippen molar-refractivity contribution in [2.45, 2.75) is 51.2 Å². The van der Waals surface area contributed by atoms with Gasteiger partial charge in [-0.25, -0.2) is 18.4 Å². The third-order valence-corrected chi connectivity index (χ3v) is 8.08. The van der Waals surface area contributed by atoms with Crippen LogP contribution in [0.15, 0.2) is 24.3 Å². The summed E-state index contributed by atoms with van der Waals surface area (Å²) in [4.78, 5) is 23.5. The zero-order valence-corrected chi connectivity index (χ0v) is 21.6. The SMILES string of the molecule is CCc1nc(C(N)=O)c(Nc2ccc(N3CCN(S(C)(=O)=O)CC3)cc2)nc1N[C@H]1CC[C@H](O)CC1. The van der Waals surface area contributed by atoms with Gasteiger partial charge in [-0.2, -0.15) is 4.31 Å². The molecule has 2 aliphatic rings. The molecule has 0 radical (unpaired) electrons. The average Bonchev–Trinajstić information content (AvgIpc) is 2.85. The summed E-state index contributed by atoms with van der Waals surface area (Å²) in [6.07, 6.45) is 4.74. The van der Waals surface area contributed by atoms with E-state index in [0.29, 0.717) is 44.1 Å². The van der Waals surface area contributed by atoms with Crippen LogP contribution >= 0.6 is 0 Å². The minimum absolute atomic E-state index is 0.0810. The number of aliphatic hydroxyl groups is 1. The molecule has 0 spiro atoms. The Labute approximate surface area is 212 Å². The molecule has 1 aromatic carbocycles. The highest BCUT2D eigenvalue weighted by Crippen LogP contribution is 2.27. The Kier molecular flexibility index (Phi) is 7.96. The van der Waals surface area contributed by atoms with Gasteiger partial charge < -0.3 is 26.4 Å². The van der Waals surface area contributed by atoms with Gasteiger partial charge in [0.1, 0.15) is 5.82 Å². The number of hydrogen-bond donors (Lipinski definition) is 4. The number of piperazine rings is 1. The highest BCUT2D eigenvalue weighted by atomic mass is 32.2. The van der Waals surface area contributed by atoms with E-state index in [0.717, 1.165) is 37.1 Å². The Morgan fingerprint density at radius 3 is 2.25 bits per heavy atom. The summed E-state index contributed by atoms with van der Waals surface area (Å²) in [5.41, 5.74) is 8.08. The maximum Gasteiger partial charge on any atom is 0.271 e. The quantitative estimate of drug-likeness (QED) is 0.409. The number of nitrogens with one attached hydrogen (secondary N) is 2. The maximum absolute atomic E-state index is 12.2. The molecule has 1 aromatic heterocycles. The zero-order valence-electron chi connectivity index (χ0n) is 20.8. The van der Waals surface area contributed by atoms with Gasteiger partial charge >= 0.3 is 0 Å². The number of aryl methyl sites for hydroxylation is 1. The van der Waals surface area contributed by atoms with Crippen molar-refractivity contribution in [3.63, 3.8) is 0 Å². The molecule has 12 heteroatoms. The van der Waals surface area contributed by atoms with E-state index in [1.54, 1.807) is 0 Å². The lowest BCUT2D eigenvalue weighted by atomic mass is 9.93. The summed E-state index contributed by atoms with van der Waals surface area (Å²) in [5.74, 6) is 0.242. The molecule has 0 atom stereocenters. The molecule has 1 saturated heterocycles. The Bertz CT molecular complexity index is 1170. The molecule has 1 saturated carbocycles. The van der Waals surface area contributed by atoms with E-state index in [2.05, 4.69) is 20.5 Å². The second kappa shape index (κ2) is 11.0. The smallest absolute Gasteiger partial charge is 0.271 e. The van der Waals surface area contributed by atoms with Gasteiger partial charge in [0.2, 0.25) is 10.0 Å². The molecule has 0 unspecified atom stereocenters. The lowest BCUT2D eigenvalue weighted by molar-refractivity contribution is 0.0995. The number of amides is 1. The first-order valence-corrected chi connectivity index (χ1v) is 14.2. The Morgan fingerprint density at radius 2 is 1.69 bits per heavy atom. The number of rotatable bonds is 8. The third kappa shape index (κ3) is 6.23. The predicted molar refractivity (Wildman–Crippen MR) is 140 cm³/mol. The Balaban J connectivity index is 1.50. The van der Waals surface area contributed by atoms with Crippen LogP contribution in [-0.2, 0) is 16.4 Å². The fourth-order valence-corrected chi connectivity index (χ4v) is 5.50. The number of anilines is 4. The summed E-state index contributed by atoms with van der Waals surface area (Å²) in [6.45, 7) is 4.09. The molecule has 11 nitrogen and oxygen atoms in total. The molecule has 4 rings (SSSR count). The van der Waals surface area contributed by atoms with Crippen LogP contribution in [0.3, 0.4) is 0 Å². The molecule has 2 fully saturated rings. The minimum atomic E-state index is -3.17. The number of aromatic nitrogens is 2. The third-order valence-electron chi connectivity index (χ3n) is 6.78. The van der Waals surface area contributed by atoms with Crippen molar-refractivity contribution in [1.29, 1.82) is 0 Å². The van der Waals surface area contributed by atoms with Crippen molar-refractivity contribution in [3.8, 4) is 0 Å². The van der Waals surface area contributed by atoms with Crippen LogP contribution in [-0.4, -0.2) is 78.3 Å². The van der Waals surface area contributed by atoms with Crippen LogP contribution in [0.1, 0.15) is 48.8 Å². The number of hydrogen-bond acceptors (Lipinski definition) is 9. The van der Waals surface area contributed by atoms with E-state index in [1.165, 1.54) is 10.6 Å². The summed E-state index contributed by atoms with van der Waals surface area (Å²) >= 11 is 0. The van der Waals surface area contributed by atoms with Gasteiger partial charge in [-0.15, -0.1) is 0 Å². The first-order valence-electron chi connectivity index (χ1n) is 12.4.